The summed E-state index contributed by atoms with van der Waals surface area (Å²) in [6.07, 6.45) is 1.81. The maximum absolute atomic E-state index is 6.51. The summed E-state index contributed by atoms with van der Waals surface area (Å²) in [5.41, 5.74) is 53.4. The number of aromatic nitrogens is 3. The van der Waals surface area contributed by atoms with Crippen molar-refractivity contribution in [2.75, 3.05) is 0 Å². The van der Waals surface area contributed by atoms with Crippen LogP contribution in [-0.4, -0.2) is 14.1 Å². The molecule has 4 aromatic heterocycles. The van der Waals surface area contributed by atoms with Crippen molar-refractivity contribution < 1.29 is 24.5 Å². The predicted octanol–water partition coefficient (Wildman–Crippen LogP) is 36.0. The SMILES string of the molecule is Cc1ccc(C)c(-c2cc[c-]c(-c3ccccn3)c2)c1.[Ir].c1ccc(-c2cccc(-n3c4ccccc4c4cc(-c5ccc6c(c5)c5ccccc5n6-c5cccc6c5oc5ccccc56)ccc43)c2)cc1.c1ccc2c(c1)-c1ccccc1C2(c1ccc(-c2ccc3c(c2)C2(c4ccccc4-c4ccccc42)c2ccccc2-3)cc1)c1ccc(-c2ccc3c(c2)C2(c4ccccc4-c4ccccc42)c2ccccc2-3)cc1. The van der Waals surface area contributed by atoms with E-state index in [0.29, 0.717) is 0 Å². The van der Waals surface area contributed by atoms with E-state index in [4.69, 9.17) is 4.42 Å². The Hall–Kier alpha value is -18.0. The molecule has 4 nitrogen and oxygen atoms in total. The Labute approximate surface area is 867 Å². The minimum atomic E-state index is -0.536. The van der Waals surface area contributed by atoms with Crippen LogP contribution in [0.2, 0.25) is 0 Å². The van der Waals surface area contributed by atoms with Crippen LogP contribution in [0.3, 0.4) is 0 Å². The minimum Gasteiger partial charge on any atom is -0.454 e. The first kappa shape index (κ1) is 86.9. The summed E-state index contributed by atoms with van der Waals surface area (Å²) >= 11 is 0. The molecular weight excluding hydrogens is 1960 g/mol. The average molecular weight is 2050 g/mol. The Morgan fingerprint density at radius 1 is 0.231 bits per heavy atom. The first-order chi connectivity index (χ1) is 72.2. The number of para-hydroxylation sites is 4. The zero-order chi connectivity index (χ0) is 96.5. The zero-order valence-electron chi connectivity index (χ0n) is 80.7. The monoisotopic (exact) mass is 2050 g/mol. The van der Waals surface area contributed by atoms with Gasteiger partial charge in [0.2, 0.25) is 0 Å². The molecule has 0 bridgehead atoms. The van der Waals surface area contributed by atoms with E-state index >= 15 is 0 Å². The Morgan fingerprint density at radius 3 is 1.10 bits per heavy atom. The van der Waals surface area contributed by atoms with Gasteiger partial charge in [-0.25, -0.2) is 0 Å². The molecule has 1 radical (unpaired) electrons. The molecule has 31 rings (SSSR count). The predicted molar refractivity (Wildman–Crippen MR) is 604 cm³/mol. The molecular formula is C142H92IrN3O-. The molecule has 0 amide bonds. The largest absolute Gasteiger partial charge is 0.454 e. The van der Waals surface area contributed by atoms with Gasteiger partial charge in [-0.05, 0) is 276 Å². The van der Waals surface area contributed by atoms with Gasteiger partial charge in [0.05, 0.1) is 44.0 Å². The van der Waals surface area contributed by atoms with Gasteiger partial charge in [-0.15, -0.1) is 35.4 Å². The Bertz CT molecular complexity index is 9450. The normalized spacial score (nSPS) is 13.2. The molecule has 5 aliphatic rings. The summed E-state index contributed by atoms with van der Waals surface area (Å²) in [5.74, 6) is 0. The van der Waals surface area contributed by atoms with Crippen molar-refractivity contribution in [3.05, 3.63) is 606 Å². The number of pyridine rings is 1. The number of hydrogen-bond donors (Lipinski definition) is 0. The molecule has 0 atom stereocenters. The van der Waals surface area contributed by atoms with Gasteiger partial charge in [-0.1, -0.05) is 424 Å². The molecule has 691 valence electrons. The van der Waals surface area contributed by atoms with Gasteiger partial charge in [0.15, 0.2) is 5.58 Å². The minimum absolute atomic E-state index is 0. The number of furan rings is 1. The Kier molecular flexibility index (Phi) is 20.3. The number of benzene rings is 22. The standard InChI is InChI=1S/C75H46.C48H30N2O.C19H16N.Ir/c1-9-25-63-53(17-1)54-18-2-10-26-64(54)73(63,51-39-33-47(34-40-51)49-37-43-61-59-23-7-15-31-69(59)74(71(61)45-49)65-27-11-3-19-55(65)56-20-4-12-28-66(56)74)52-41-35-48(36-42-52)50-38-44-62-60-24-8-16-32-70(60)75(72(62)46-50)67-29-13-5-21-57(67)58-22-6-14-30-68(58)75;1-2-12-31(13-3-1)32-14-10-15-35(28-32)49-42-20-7-4-16-36(42)40-29-33(24-26-44(40)49)34-25-27-45-41(30-34)37-17-5-8-21-43(37)50(45)46-22-11-19-39-38-18-6-9-23-47(38)51-48(39)46;1-14-9-10-15(2)18(12-14)16-6-5-7-17(13-16)19-8-3-4-11-20-19;/h1-46H;1-30H;3-6,8-13H,1-2H3;/q;;-1;. The van der Waals surface area contributed by atoms with Crippen LogP contribution in [0.15, 0.2) is 526 Å². The summed E-state index contributed by atoms with van der Waals surface area (Å²) in [4.78, 5) is 4.39. The van der Waals surface area contributed by atoms with Crippen molar-refractivity contribution in [3.8, 4) is 134 Å². The van der Waals surface area contributed by atoms with E-state index in [1.54, 1.807) is 0 Å². The van der Waals surface area contributed by atoms with Gasteiger partial charge >= 0.3 is 0 Å². The smallest absolute Gasteiger partial charge is 0.159 e. The molecule has 0 unspecified atom stereocenters. The molecule has 0 N–H and O–H groups in total. The van der Waals surface area contributed by atoms with Crippen LogP contribution in [0, 0.1) is 19.9 Å². The zero-order valence-corrected chi connectivity index (χ0v) is 83.1. The van der Waals surface area contributed by atoms with Gasteiger partial charge < -0.3 is 18.5 Å². The van der Waals surface area contributed by atoms with Crippen LogP contribution in [0.1, 0.15) is 77.9 Å². The third-order valence-corrected chi connectivity index (χ3v) is 32.2. The molecule has 4 heterocycles. The van der Waals surface area contributed by atoms with Crippen LogP contribution >= 0.6 is 0 Å². The molecule has 0 saturated carbocycles. The maximum Gasteiger partial charge on any atom is 0.159 e. The summed E-state index contributed by atoms with van der Waals surface area (Å²) < 4.78 is 11.3. The van der Waals surface area contributed by atoms with Crippen LogP contribution in [0.5, 0.6) is 0 Å². The number of rotatable bonds is 10. The van der Waals surface area contributed by atoms with Crippen molar-refractivity contribution in [2.45, 2.75) is 30.1 Å². The molecule has 147 heavy (non-hydrogen) atoms. The van der Waals surface area contributed by atoms with Gasteiger partial charge in [0, 0.05) is 64.3 Å². The Balaban J connectivity index is 0.000000124. The van der Waals surface area contributed by atoms with E-state index in [2.05, 4.69) is 513 Å². The summed E-state index contributed by atoms with van der Waals surface area (Å²) in [5, 5.41) is 7.20. The topological polar surface area (TPSA) is 35.9 Å². The molecule has 26 aromatic rings. The van der Waals surface area contributed by atoms with Crippen molar-refractivity contribution in [1.29, 1.82) is 0 Å². The van der Waals surface area contributed by atoms with E-state index in [0.717, 1.165) is 55.6 Å². The molecule has 0 aliphatic heterocycles. The molecule has 2 spiro atoms. The van der Waals surface area contributed by atoms with E-state index in [1.165, 1.54) is 222 Å². The first-order valence-electron chi connectivity index (χ1n) is 50.7. The first-order valence-corrected chi connectivity index (χ1v) is 50.7. The molecule has 0 saturated heterocycles. The van der Waals surface area contributed by atoms with Crippen LogP contribution in [-0.2, 0) is 36.4 Å². The summed E-state index contributed by atoms with van der Waals surface area (Å²) in [6, 6.07) is 194. The van der Waals surface area contributed by atoms with Crippen LogP contribution < -0.4 is 0 Å². The summed E-state index contributed by atoms with van der Waals surface area (Å²) in [7, 11) is 0. The van der Waals surface area contributed by atoms with Crippen molar-refractivity contribution in [1.82, 2.24) is 14.1 Å². The van der Waals surface area contributed by atoms with E-state index in [1.807, 2.05) is 42.6 Å². The fourth-order valence-electron chi connectivity index (χ4n) is 26.0. The van der Waals surface area contributed by atoms with Crippen LogP contribution in [0.25, 0.3) is 199 Å². The van der Waals surface area contributed by atoms with Gasteiger partial charge in [0.25, 0.3) is 0 Å². The van der Waals surface area contributed by atoms with Gasteiger partial charge in [-0.3, -0.25) is 0 Å². The fraction of sp³-hybridized carbons (Fsp3) is 0.0352. The molecule has 5 heteroatoms. The van der Waals surface area contributed by atoms with E-state index < -0.39 is 5.41 Å². The van der Waals surface area contributed by atoms with Gasteiger partial charge in [-0.2, -0.15) is 0 Å². The van der Waals surface area contributed by atoms with E-state index in [-0.39, 0.29) is 30.9 Å². The number of fused-ring (bicyclic) bond motifs is 32. The van der Waals surface area contributed by atoms with Crippen molar-refractivity contribution in [2.24, 2.45) is 0 Å². The number of aryl methyl sites for hydroxylation is 2. The van der Waals surface area contributed by atoms with Crippen molar-refractivity contribution >= 4 is 65.6 Å². The average Bonchev–Trinajstić information content (AvgIpc) is 1.51. The molecule has 0 fully saturated rings. The van der Waals surface area contributed by atoms with E-state index in [9.17, 15) is 0 Å². The fourth-order valence-corrected chi connectivity index (χ4v) is 26.0. The second-order valence-corrected chi connectivity index (χ2v) is 39.7. The quantitative estimate of drug-likeness (QED) is 0.128. The van der Waals surface area contributed by atoms with Crippen molar-refractivity contribution in [3.63, 3.8) is 0 Å². The second-order valence-electron chi connectivity index (χ2n) is 39.7. The number of nitrogens with zero attached hydrogens (tertiary/aromatic N) is 3. The van der Waals surface area contributed by atoms with Gasteiger partial charge in [0.1, 0.15) is 5.58 Å². The molecule has 22 aromatic carbocycles. The molecule has 5 aliphatic carbocycles. The van der Waals surface area contributed by atoms with Crippen LogP contribution in [0.4, 0.5) is 0 Å². The summed E-state index contributed by atoms with van der Waals surface area (Å²) in [6.45, 7) is 4.27. The second kappa shape index (κ2) is 34.4. The number of hydrogen-bond acceptors (Lipinski definition) is 2. The third-order valence-electron chi connectivity index (χ3n) is 32.2. The third kappa shape index (κ3) is 13.1. The Morgan fingerprint density at radius 2 is 0.605 bits per heavy atom. The maximum atomic E-state index is 6.51.